The van der Waals surface area contributed by atoms with Crippen LogP contribution in [-0.2, 0) is 4.79 Å². The minimum absolute atomic E-state index is 0.0950. The third kappa shape index (κ3) is 3.00. The topological polar surface area (TPSA) is 20.3 Å². The van der Waals surface area contributed by atoms with Crippen LogP contribution in [0.15, 0.2) is 53.0 Å². The Balaban J connectivity index is 1.52. The average molecular weight is 405 g/mol. The van der Waals surface area contributed by atoms with Gasteiger partial charge in [-0.15, -0.1) is 0 Å². The quantitative estimate of drug-likeness (QED) is 0.655. The van der Waals surface area contributed by atoms with Crippen LogP contribution in [0.4, 0.5) is 0 Å². The lowest BCUT2D eigenvalue weighted by molar-refractivity contribution is -0.133. The van der Waals surface area contributed by atoms with Crippen molar-refractivity contribution in [3.8, 4) is 0 Å². The van der Waals surface area contributed by atoms with E-state index >= 15 is 0 Å². The molecule has 3 unspecified atom stereocenters. The molecule has 2 aromatic rings. The molecule has 0 spiro atoms. The zero-order valence-corrected chi connectivity index (χ0v) is 15.6. The number of hydrogen-bond donors (Lipinski definition) is 0. The molecular formula is C20H19BrClNO. The van der Waals surface area contributed by atoms with E-state index in [4.69, 9.17) is 11.6 Å². The highest BCUT2D eigenvalue weighted by Gasteiger charge is 2.48. The third-order valence-corrected chi connectivity index (χ3v) is 6.02. The molecule has 3 atom stereocenters. The molecule has 0 aromatic heterocycles. The molecule has 1 heterocycles. The molecule has 1 saturated heterocycles. The maximum Gasteiger partial charge on any atom is 0.226 e. The zero-order valence-electron chi connectivity index (χ0n) is 13.3. The number of hydrogen-bond acceptors (Lipinski definition) is 1. The lowest BCUT2D eigenvalue weighted by Crippen LogP contribution is -2.32. The van der Waals surface area contributed by atoms with E-state index in [0.29, 0.717) is 5.91 Å². The second-order valence-corrected chi connectivity index (χ2v) is 8.04. The van der Waals surface area contributed by atoms with E-state index < -0.39 is 0 Å². The molecule has 1 aliphatic carbocycles. The highest BCUT2D eigenvalue weighted by molar-refractivity contribution is 9.10. The summed E-state index contributed by atoms with van der Waals surface area (Å²) in [4.78, 5) is 15.1. The molecule has 2 fully saturated rings. The number of benzene rings is 2. The van der Waals surface area contributed by atoms with Gasteiger partial charge in [0.25, 0.3) is 0 Å². The van der Waals surface area contributed by atoms with Crippen molar-refractivity contribution >= 4 is 33.4 Å². The Hall–Kier alpha value is -1.32. The van der Waals surface area contributed by atoms with Crippen molar-refractivity contribution in [2.75, 3.05) is 6.54 Å². The summed E-state index contributed by atoms with van der Waals surface area (Å²) < 4.78 is 1.07. The van der Waals surface area contributed by atoms with E-state index in [-0.39, 0.29) is 17.9 Å². The zero-order chi connectivity index (χ0) is 16.7. The molecule has 24 heavy (non-hydrogen) atoms. The van der Waals surface area contributed by atoms with E-state index in [1.54, 1.807) is 0 Å². The predicted molar refractivity (Wildman–Crippen MR) is 100 cm³/mol. The van der Waals surface area contributed by atoms with Gasteiger partial charge in [0.15, 0.2) is 0 Å². The Morgan fingerprint density at radius 2 is 2.00 bits per heavy atom. The Morgan fingerprint density at radius 1 is 1.17 bits per heavy atom. The monoisotopic (exact) mass is 403 g/mol. The normalized spacial score (nSPS) is 25.8. The molecule has 0 radical (unpaired) electrons. The molecule has 1 aliphatic heterocycles. The maximum absolute atomic E-state index is 13.0. The van der Waals surface area contributed by atoms with Crippen LogP contribution in [0.1, 0.15) is 42.3 Å². The van der Waals surface area contributed by atoms with E-state index in [1.807, 2.05) is 30.3 Å². The summed E-state index contributed by atoms with van der Waals surface area (Å²) >= 11 is 9.84. The summed E-state index contributed by atoms with van der Waals surface area (Å²) in [5.41, 5.74) is 2.35. The fraction of sp³-hybridized carbons (Fsp3) is 0.350. The number of amides is 1. The van der Waals surface area contributed by atoms with Gasteiger partial charge in [-0.1, -0.05) is 57.9 Å². The second-order valence-electron chi connectivity index (χ2n) is 6.71. The fourth-order valence-electron chi connectivity index (χ4n) is 3.89. The highest BCUT2D eigenvalue weighted by atomic mass is 79.9. The Kier molecular flexibility index (Phi) is 4.40. The summed E-state index contributed by atoms with van der Waals surface area (Å²) in [6.07, 6.45) is 3.04. The first-order valence-corrected chi connectivity index (χ1v) is 9.62. The van der Waals surface area contributed by atoms with Crippen LogP contribution in [0.25, 0.3) is 0 Å². The standard InChI is InChI=1S/C20H19BrClNO/c21-14-6-3-5-13(11-14)19-9-4-10-23(19)20(24)17-12-16(17)15-7-1-2-8-18(15)22/h1-3,5-8,11,16-17,19H,4,9-10,12H2. The van der Waals surface area contributed by atoms with Crippen LogP contribution >= 0.6 is 27.5 Å². The van der Waals surface area contributed by atoms with Crippen LogP contribution < -0.4 is 0 Å². The molecule has 4 rings (SSSR count). The van der Waals surface area contributed by atoms with Gasteiger partial charge in [-0.25, -0.2) is 0 Å². The summed E-state index contributed by atoms with van der Waals surface area (Å²) in [5.74, 6) is 0.676. The van der Waals surface area contributed by atoms with E-state index in [2.05, 4.69) is 39.0 Å². The number of rotatable bonds is 3. The third-order valence-electron chi connectivity index (χ3n) is 5.18. The van der Waals surface area contributed by atoms with Crippen LogP contribution in [0, 0.1) is 5.92 Å². The lowest BCUT2D eigenvalue weighted by Gasteiger charge is -2.25. The number of carbonyl (C=O) groups excluding carboxylic acids is 1. The first-order chi connectivity index (χ1) is 11.6. The number of carbonyl (C=O) groups is 1. The number of nitrogens with zero attached hydrogens (tertiary/aromatic N) is 1. The minimum atomic E-state index is 0.0950. The molecule has 1 amide bonds. The Morgan fingerprint density at radius 3 is 2.79 bits per heavy atom. The summed E-state index contributed by atoms with van der Waals surface area (Å²) in [5, 5.41) is 0.780. The number of halogens is 2. The Bertz CT molecular complexity index is 778. The van der Waals surface area contributed by atoms with Crippen molar-refractivity contribution in [3.05, 3.63) is 69.2 Å². The lowest BCUT2D eigenvalue weighted by atomic mass is 10.0. The van der Waals surface area contributed by atoms with Crippen LogP contribution in [0.3, 0.4) is 0 Å². The van der Waals surface area contributed by atoms with Crippen molar-refractivity contribution < 1.29 is 4.79 Å². The summed E-state index contributed by atoms with van der Waals surface area (Å²) in [6, 6.07) is 16.4. The van der Waals surface area contributed by atoms with Gasteiger partial charge in [-0.05, 0) is 54.5 Å². The average Bonchev–Trinajstić information content (AvgIpc) is 3.21. The fourth-order valence-corrected chi connectivity index (χ4v) is 4.58. The molecule has 2 aromatic carbocycles. The molecule has 124 valence electrons. The van der Waals surface area contributed by atoms with Crippen molar-refractivity contribution in [1.82, 2.24) is 4.90 Å². The number of likely N-dealkylation sites (tertiary alicyclic amines) is 1. The van der Waals surface area contributed by atoms with Crippen LogP contribution in [0.5, 0.6) is 0 Å². The van der Waals surface area contributed by atoms with Crippen molar-refractivity contribution in [1.29, 1.82) is 0 Å². The molecule has 2 aliphatic rings. The maximum atomic E-state index is 13.0. The van der Waals surface area contributed by atoms with Crippen molar-refractivity contribution in [2.45, 2.75) is 31.2 Å². The highest BCUT2D eigenvalue weighted by Crippen LogP contribution is 2.51. The van der Waals surface area contributed by atoms with E-state index in [0.717, 1.165) is 40.9 Å². The summed E-state index contributed by atoms with van der Waals surface area (Å²) in [7, 11) is 0. The van der Waals surface area contributed by atoms with Crippen molar-refractivity contribution in [3.63, 3.8) is 0 Å². The van der Waals surface area contributed by atoms with Gasteiger partial charge in [0.1, 0.15) is 0 Å². The van der Waals surface area contributed by atoms with Crippen LogP contribution in [0.2, 0.25) is 5.02 Å². The summed E-state index contributed by atoms with van der Waals surface area (Å²) in [6.45, 7) is 0.863. The molecule has 0 N–H and O–H groups in total. The second kappa shape index (κ2) is 6.53. The van der Waals surface area contributed by atoms with Gasteiger partial charge >= 0.3 is 0 Å². The predicted octanol–water partition coefficient (Wildman–Crippen LogP) is 5.57. The molecular weight excluding hydrogens is 386 g/mol. The SMILES string of the molecule is O=C(C1CC1c1ccccc1Cl)N1CCCC1c1cccc(Br)c1. The molecule has 0 bridgehead atoms. The van der Waals surface area contributed by atoms with Gasteiger partial charge in [-0.2, -0.15) is 0 Å². The molecule has 2 nitrogen and oxygen atoms in total. The first-order valence-electron chi connectivity index (χ1n) is 8.45. The van der Waals surface area contributed by atoms with Gasteiger partial charge in [-0.3, -0.25) is 4.79 Å². The van der Waals surface area contributed by atoms with Gasteiger partial charge in [0, 0.05) is 22.0 Å². The van der Waals surface area contributed by atoms with Gasteiger partial charge < -0.3 is 4.90 Å². The largest absolute Gasteiger partial charge is 0.335 e. The minimum Gasteiger partial charge on any atom is -0.335 e. The smallest absolute Gasteiger partial charge is 0.226 e. The van der Waals surface area contributed by atoms with E-state index in [9.17, 15) is 4.79 Å². The molecule has 4 heteroatoms. The van der Waals surface area contributed by atoms with E-state index in [1.165, 1.54) is 5.56 Å². The van der Waals surface area contributed by atoms with Crippen LogP contribution in [-0.4, -0.2) is 17.4 Å². The van der Waals surface area contributed by atoms with Crippen molar-refractivity contribution in [2.24, 2.45) is 5.92 Å². The van der Waals surface area contributed by atoms with Gasteiger partial charge in [0.2, 0.25) is 5.91 Å². The van der Waals surface area contributed by atoms with Gasteiger partial charge in [0.05, 0.1) is 6.04 Å². The molecule has 1 saturated carbocycles. The first kappa shape index (κ1) is 16.2. The Labute approximate surface area is 155 Å².